The van der Waals surface area contributed by atoms with E-state index in [1.807, 2.05) is 24.3 Å². The normalized spacial score (nSPS) is 13.3. The fourth-order valence-electron chi connectivity index (χ4n) is 4.56. The summed E-state index contributed by atoms with van der Waals surface area (Å²) in [5.74, 6) is 0.721. The van der Waals surface area contributed by atoms with Crippen LogP contribution >= 0.6 is 11.3 Å². The number of benzene rings is 2. The number of pyridine rings is 1. The molecule has 0 spiro atoms. The highest BCUT2D eigenvalue weighted by Crippen LogP contribution is 2.42. The molecule has 224 valence electrons. The van der Waals surface area contributed by atoms with Gasteiger partial charge in [-0.1, -0.05) is 12.7 Å². The molecule has 0 radical (unpaired) electrons. The Morgan fingerprint density at radius 3 is 2.65 bits per heavy atom. The number of morpholine rings is 1. The van der Waals surface area contributed by atoms with Gasteiger partial charge in [0.05, 0.1) is 37.1 Å². The predicted molar refractivity (Wildman–Crippen MR) is 166 cm³/mol. The van der Waals surface area contributed by atoms with Gasteiger partial charge in [-0.2, -0.15) is 0 Å². The number of anilines is 1. The van der Waals surface area contributed by atoms with E-state index in [1.165, 1.54) is 0 Å². The summed E-state index contributed by atoms with van der Waals surface area (Å²) in [5, 5.41) is 2.53. The van der Waals surface area contributed by atoms with Crippen molar-refractivity contribution in [1.29, 1.82) is 0 Å². The van der Waals surface area contributed by atoms with Crippen LogP contribution in [0.3, 0.4) is 0 Å². The molecule has 2 aromatic carbocycles. The lowest BCUT2D eigenvalue weighted by Gasteiger charge is -2.26. The van der Waals surface area contributed by atoms with Gasteiger partial charge in [0.1, 0.15) is 18.1 Å². The van der Waals surface area contributed by atoms with E-state index in [1.54, 1.807) is 61.9 Å². The number of esters is 1. The van der Waals surface area contributed by atoms with Crippen molar-refractivity contribution in [2.45, 2.75) is 6.92 Å². The van der Waals surface area contributed by atoms with Crippen molar-refractivity contribution in [2.24, 2.45) is 0 Å². The van der Waals surface area contributed by atoms with E-state index in [4.69, 9.17) is 23.7 Å². The zero-order valence-electron chi connectivity index (χ0n) is 24.1. The molecule has 0 aliphatic carbocycles. The molecule has 1 saturated heterocycles. The lowest BCUT2D eigenvalue weighted by Crippen LogP contribution is -2.38. The highest BCUT2D eigenvalue weighted by Gasteiger charge is 2.17. The number of nitrogens with one attached hydrogen (secondary N) is 1. The summed E-state index contributed by atoms with van der Waals surface area (Å²) in [4.78, 5) is 31.6. The number of thiophene rings is 1. The minimum atomic E-state index is -0.945. The average Bonchev–Trinajstić information content (AvgIpc) is 3.48. The molecule has 4 aromatic rings. The summed E-state index contributed by atoms with van der Waals surface area (Å²) in [5.41, 5.74) is 2.82. The quantitative estimate of drug-likeness (QED) is 0.173. The van der Waals surface area contributed by atoms with Gasteiger partial charge in [0, 0.05) is 48.0 Å². The third-order valence-corrected chi connectivity index (χ3v) is 7.95. The van der Waals surface area contributed by atoms with E-state index in [2.05, 4.69) is 21.8 Å². The van der Waals surface area contributed by atoms with Gasteiger partial charge in [-0.3, -0.25) is 14.7 Å². The Hall–Kier alpha value is -4.45. The van der Waals surface area contributed by atoms with Crippen LogP contribution in [0, 0.1) is 0 Å². The Morgan fingerprint density at radius 1 is 1.07 bits per heavy atom. The molecular weight excluding hydrogens is 570 g/mol. The van der Waals surface area contributed by atoms with Gasteiger partial charge in [-0.15, -0.1) is 11.3 Å². The number of amides is 1. The number of fused-ring (bicyclic) bond motifs is 1. The molecule has 5 rings (SSSR count). The summed E-state index contributed by atoms with van der Waals surface area (Å²) in [6.45, 7) is 10.4. The lowest BCUT2D eigenvalue weighted by molar-refractivity contribution is -0.152. The fourth-order valence-corrected chi connectivity index (χ4v) is 5.62. The van der Waals surface area contributed by atoms with Crippen molar-refractivity contribution in [3.8, 4) is 33.4 Å². The molecule has 11 heteroatoms. The molecular formula is C32H33N3O7S. The van der Waals surface area contributed by atoms with E-state index < -0.39 is 11.9 Å². The molecule has 0 bridgehead atoms. The standard InChI is InChI=1S/C32H33N3O7S/c1-4-21-18-23(34-31(36)32(37)40-5-2)7-9-25(21)42-27-10-11-33-24-20-29(43-30(24)27)22-6-8-26(28(19-22)38-3)41-17-14-35-12-15-39-16-13-35/h4,6-11,18-20H,1,5,12-17H2,2-3H3,(H,34,36). The van der Waals surface area contributed by atoms with Crippen LogP contribution in [0.4, 0.5) is 5.69 Å². The first-order chi connectivity index (χ1) is 21.0. The number of aromatic nitrogens is 1. The number of ether oxygens (including phenoxy) is 5. The van der Waals surface area contributed by atoms with Crippen LogP contribution in [0.2, 0.25) is 0 Å². The molecule has 1 amide bonds. The van der Waals surface area contributed by atoms with Crippen LogP contribution in [0.1, 0.15) is 12.5 Å². The average molecular weight is 604 g/mol. The summed E-state index contributed by atoms with van der Waals surface area (Å²) in [7, 11) is 1.64. The molecule has 3 heterocycles. The number of hydrogen-bond donors (Lipinski definition) is 1. The first kappa shape index (κ1) is 30.0. The second-order valence-electron chi connectivity index (χ2n) is 9.54. The SMILES string of the molecule is C=Cc1cc(NC(=O)C(=O)OCC)ccc1Oc1ccnc2cc(-c3ccc(OCCN4CCOCC4)c(OC)c3)sc12. The maximum absolute atomic E-state index is 12.0. The Balaban J connectivity index is 1.32. The van der Waals surface area contributed by atoms with Crippen LogP contribution < -0.4 is 19.5 Å². The van der Waals surface area contributed by atoms with Gasteiger partial charge < -0.3 is 29.0 Å². The molecule has 1 aliphatic rings. The number of nitrogens with zero attached hydrogens (tertiary/aromatic N) is 2. The Morgan fingerprint density at radius 2 is 1.88 bits per heavy atom. The minimum Gasteiger partial charge on any atom is -0.493 e. The lowest BCUT2D eigenvalue weighted by atomic mass is 10.1. The molecule has 1 fully saturated rings. The number of rotatable bonds is 11. The zero-order chi connectivity index (χ0) is 30.2. The van der Waals surface area contributed by atoms with Gasteiger partial charge in [0.15, 0.2) is 11.5 Å². The molecule has 0 unspecified atom stereocenters. The Labute approximate surface area is 253 Å². The zero-order valence-corrected chi connectivity index (χ0v) is 24.9. The van der Waals surface area contributed by atoms with Crippen LogP contribution in [0.5, 0.6) is 23.0 Å². The van der Waals surface area contributed by atoms with Gasteiger partial charge in [-0.05, 0) is 55.0 Å². The van der Waals surface area contributed by atoms with Gasteiger partial charge >= 0.3 is 11.9 Å². The number of hydrogen-bond acceptors (Lipinski definition) is 10. The van der Waals surface area contributed by atoms with E-state index >= 15 is 0 Å². The summed E-state index contributed by atoms with van der Waals surface area (Å²) >= 11 is 1.55. The minimum absolute atomic E-state index is 0.116. The Kier molecular flexibility index (Phi) is 9.88. The molecule has 0 atom stereocenters. The van der Waals surface area contributed by atoms with Gasteiger partial charge in [-0.25, -0.2) is 4.79 Å². The van der Waals surface area contributed by atoms with E-state index in [9.17, 15) is 9.59 Å². The van der Waals surface area contributed by atoms with Crippen molar-refractivity contribution in [2.75, 3.05) is 58.5 Å². The van der Waals surface area contributed by atoms with Crippen molar-refractivity contribution >= 4 is 45.2 Å². The van der Waals surface area contributed by atoms with Crippen molar-refractivity contribution < 1.29 is 33.3 Å². The number of carbonyl (C=O) groups excluding carboxylic acids is 2. The van der Waals surface area contributed by atoms with E-state index in [-0.39, 0.29) is 6.61 Å². The molecule has 1 N–H and O–H groups in total. The largest absolute Gasteiger partial charge is 0.493 e. The van der Waals surface area contributed by atoms with Crippen LogP contribution in [-0.4, -0.2) is 74.9 Å². The highest BCUT2D eigenvalue weighted by molar-refractivity contribution is 7.22. The van der Waals surface area contributed by atoms with Crippen molar-refractivity contribution in [3.05, 3.63) is 66.9 Å². The van der Waals surface area contributed by atoms with Crippen LogP contribution in [-0.2, 0) is 19.1 Å². The summed E-state index contributed by atoms with van der Waals surface area (Å²) in [6.07, 6.45) is 3.31. The second kappa shape index (κ2) is 14.1. The monoisotopic (exact) mass is 603 g/mol. The van der Waals surface area contributed by atoms with Gasteiger partial charge in [0.25, 0.3) is 0 Å². The molecule has 0 saturated carbocycles. The molecule has 10 nitrogen and oxygen atoms in total. The maximum Gasteiger partial charge on any atom is 0.397 e. The van der Waals surface area contributed by atoms with Crippen molar-refractivity contribution in [1.82, 2.24) is 9.88 Å². The smallest absolute Gasteiger partial charge is 0.397 e. The Bertz CT molecular complexity index is 1610. The van der Waals surface area contributed by atoms with Crippen molar-refractivity contribution in [3.63, 3.8) is 0 Å². The maximum atomic E-state index is 12.0. The third-order valence-electron chi connectivity index (χ3n) is 6.76. The number of methoxy groups -OCH3 is 1. The summed E-state index contributed by atoms with van der Waals surface area (Å²) < 4.78 is 29.0. The molecule has 43 heavy (non-hydrogen) atoms. The fraction of sp³-hybridized carbons (Fsp3) is 0.281. The third kappa shape index (κ3) is 7.31. The highest BCUT2D eigenvalue weighted by atomic mass is 32.1. The first-order valence-electron chi connectivity index (χ1n) is 13.9. The van der Waals surface area contributed by atoms with E-state index in [0.29, 0.717) is 40.9 Å². The topological polar surface area (TPSA) is 108 Å². The molecule has 1 aliphatic heterocycles. The molecule has 2 aromatic heterocycles. The van der Waals surface area contributed by atoms with E-state index in [0.717, 1.165) is 53.5 Å². The van der Waals surface area contributed by atoms with Crippen LogP contribution in [0.25, 0.3) is 26.7 Å². The first-order valence-corrected chi connectivity index (χ1v) is 14.7. The predicted octanol–water partition coefficient (Wildman–Crippen LogP) is 5.62. The summed E-state index contributed by atoms with van der Waals surface area (Å²) in [6, 6.07) is 14.8. The second-order valence-corrected chi connectivity index (χ2v) is 10.6. The van der Waals surface area contributed by atoms with Gasteiger partial charge in [0.2, 0.25) is 0 Å². The number of carbonyl (C=O) groups is 2. The van der Waals surface area contributed by atoms with Crippen LogP contribution in [0.15, 0.2) is 61.3 Å².